The Bertz CT molecular complexity index is 826. The summed E-state index contributed by atoms with van der Waals surface area (Å²) in [7, 11) is 0. The average Bonchev–Trinajstić information content (AvgIpc) is 2.94. The molecular formula is C32H48F2O4. The molecule has 1 aromatic rings. The Morgan fingerprint density at radius 2 is 1.24 bits per heavy atom. The van der Waals surface area contributed by atoms with Gasteiger partial charge >= 0.3 is 11.9 Å². The van der Waals surface area contributed by atoms with Crippen molar-refractivity contribution in [1.29, 1.82) is 0 Å². The third-order valence-electron chi connectivity index (χ3n) is 8.46. The molecule has 0 saturated heterocycles. The van der Waals surface area contributed by atoms with Gasteiger partial charge in [-0.05, 0) is 100 Å². The second-order valence-electron chi connectivity index (χ2n) is 11.5. The first-order valence-electron chi connectivity index (χ1n) is 15.2. The predicted octanol–water partition coefficient (Wildman–Crippen LogP) is 8.35. The van der Waals surface area contributed by atoms with E-state index in [0.29, 0.717) is 24.7 Å². The number of hydrogen-bond donors (Lipinski definition) is 0. The van der Waals surface area contributed by atoms with Crippen LogP contribution in [0.1, 0.15) is 127 Å². The van der Waals surface area contributed by atoms with E-state index in [1.807, 2.05) is 13.8 Å². The van der Waals surface area contributed by atoms with Crippen LogP contribution in [-0.4, -0.2) is 36.5 Å². The van der Waals surface area contributed by atoms with Crippen LogP contribution in [0.15, 0.2) is 24.3 Å². The molecule has 1 aromatic carbocycles. The largest absolute Gasteiger partial charge is 0.460 e. The molecule has 214 valence electrons. The normalized spacial score (nSPS) is 25.4. The van der Waals surface area contributed by atoms with Crippen LogP contribution in [0.5, 0.6) is 0 Å². The summed E-state index contributed by atoms with van der Waals surface area (Å²) in [5, 5.41) is 0. The molecule has 0 N–H and O–H groups in total. The summed E-state index contributed by atoms with van der Waals surface area (Å²) in [6, 6.07) is 8.93. The van der Waals surface area contributed by atoms with E-state index in [1.54, 1.807) is 0 Å². The number of carbonyl (C=O) groups excluding carboxylic acids is 2. The number of benzene rings is 1. The van der Waals surface area contributed by atoms with Gasteiger partial charge in [0, 0.05) is 0 Å². The molecule has 0 bridgehead atoms. The molecule has 4 nitrogen and oxygen atoms in total. The van der Waals surface area contributed by atoms with Crippen molar-refractivity contribution in [2.75, 3.05) is 0 Å². The number of alkyl halides is 2. The molecule has 0 amide bonds. The van der Waals surface area contributed by atoms with Crippen molar-refractivity contribution in [1.82, 2.24) is 0 Å². The van der Waals surface area contributed by atoms with Crippen LogP contribution in [0.4, 0.5) is 8.78 Å². The first kappa shape index (κ1) is 30.6. The van der Waals surface area contributed by atoms with E-state index in [1.165, 1.54) is 11.1 Å². The summed E-state index contributed by atoms with van der Waals surface area (Å²) in [6.45, 7) is 3.97. The Hall–Kier alpha value is -1.98. The van der Waals surface area contributed by atoms with Crippen LogP contribution in [0.3, 0.4) is 0 Å². The average molecular weight is 535 g/mol. The Balaban J connectivity index is 1.33. The maximum Gasteiger partial charge on any atom is 0.340 e. The Labute approximate surface area is 228 Å². The van der Waals surface area contributed by atoms with E-state index in [-0.39, 0.29) is 25.0 Å². The number of ether oxygens (including phenoxy) is 2. The van der Waals surface area contributed by atoms with E-state index in [9.17, 15) is 18.4 Å². The monoisotopic (exact) mass is 534 g/mol. The van der Waals surface area contributed by atoms with Gasteiger partial charge in [0.25, 0.3) is 0 Å². The fourth-order valence-corrected chi connectivity index (χ4v) is 5.86. The molecule has 6 heteroatoms. The van der Waals surface area contributed by atoms with E-state index in [2.05, 4.69) is 24.3 Å². The van der Waals surface area contributed by atoms with Crippen LogP contribution in [0.2, 0.25) is 0 Å². The van der Waals surface area contributed by atoms with Crippen LogP contribution < -0.4 is 0 Å². The topological polar surface area (TPSA) is 52.6 Å². The standard InChI is InChI=1S/C32H48F2O4/c1-3-5-7-29(33)31(35)37-27-19-13-24(14-20-27)10-9-23-11-15-25(16-12-23)26-17-21-28(22-18-26)38-32(36)30(34)8-6-4-2/h11-12,15-16,24,26-30H,3-10,13-14,17-22H2,1-2H3/t24-,26-,27-,28-,29-,30-/m0/s1. The number of unbranched alkanes of at least 4 members (excludes halogenated alkanes) is 2. The lowest BCUT2D eigenvalue weighted by Crippen LogP contribution is -2.29. The summed E-state index contributed by atoms with van der Waals surface area (Å²) < 4.78 is 38.7. The molecule has 2 saturated carbocycles. The van der Waals surface area contributed by atoms with E-state index < -0.39 is 24.3 Å². The van der Waals surface area contributed by atoms with Gasteiger partial charge in [0.2, 0.25) is 0 Å². The molecule has 38 heavy (non-hydrogen) atoms. The minimum absolute atomic E-state index is 0.129. The van der Waals surface area contributed by atoms with Gasteiger partial charge in [-0.2, -0.15) is 0 Å². The highest BCUT2D eigenvalue weighted by Gasteiger charge is 2.29. The molecular weight excluding hydrogens is 486 g/mol. The number of carbonyl (C=O) groups is 2. The number of hydrogen-bond acceptors (Lipinski definition) is 4. The Morgan fingerprint density at radius 3 is 1.71 bits per heavy atom. The molecule has 2 aliphatic carbocycles. The lowest BCUT2D eigenvalue weighted by atomic mass is 9.81. The van der Waals surface area contributed by atoms with Crippen molar-refractivity contribution in [3.8, 4) is 0 Å². The molecule has 0 heterocycles. The van der Waals surface area contributed by atoms with Crippen LogP contribution in [-0.2, 0) is 25.5 Å². The fraction of sp³-hybridized carbons (Fsp3) is 0.750. The zero-order chi connectivity index (χ0) is 27.3. The molecule has 0 aliphatic heterocycles. The molecule has 2 atom stereocenters. The number of aryl methyl sites for hydroxylation is 1. The van der Waals surface area contributed by atoms with Crippen molar-refractivity contribution in [2.24, 2.45) is 5.92 Å². The molecule has 2 aliphatic rings. The summed E-state index contributed by atoms with van der Waals surface area (Å²) in [6.07, 6.45) is 9.80. The fourth-order valence-electron chi connectivity index (χ4n) is 5.86. The van der Waals surface area contributed by atoms with Gasteiger partial charge in [-0.25, -0.2) is 18.4 Å². The second kappa shape index (κ2) is 16.2. The lowest BCUT2D eigenvalue weighted by molar-refractivity contribution is -0.158. The first-order valence-corrected chi connectivity index (χ1v) is 15.2. The van der Waals surface area contributed by atoms with Crippen LogP contribution in [0.25, 0.3) is 0 Å². The van der Waals surface area contributed by atoms with Crippen molar-refractivity contribution in [3.63, 3.8) is 0 Å². The highest BCUT2D eigenvalue weighted by atomic mass is 19.1. The van der Waals surface area contributed by atoms with Crippen LogP contribution in [0, 0.1) is 5.92 Å². The lowest BCUT2D eigenvalue weighted by Gasteiger charge is -2.29. The van der Waals surface area contributed by atoms with Crippen LogP contribution >= 0.6 is 0 Å². The zero-order valence-electron chi connectivity index (χ0n) is 23.5. The highest BCUT2D eigenvalue weighted by molar-refractivity contribution is 5.75. The van der Waals surface area contributed by atoms with Crippen molar-refractivity contribution in [3.05, 3.63) is 35.4 Å². The summed E-state index contributed by atoms with van der Waals surface area (Å²) in [4.78, 5) is 23.9. The minimum Gasteiger partial charge on any atom is -0.460 e. The number of esters is 2. The molecule has 2 fully saturated rings. The molecule has 0 unspecified atom stereocenters. The summed E-state index contributed by atoms with van der Waals surface area (Å²) in [5.74, 6) is -0.275. The second-order valence-corrected chi connectivity index (χ2v) is 11.5. The van der Waals surface area contributed by atoms with Crippen molar-refractivity contribution < 1.29 is 27.8 Å². The Morgan fingerprint density at radius 1 is 0.763 bits per heavy atom. The van der Waals surface area contributed by atoms with Gasteiger partial charge in [-0.1, -0.05) is 63.8 Å². The van der Waals surface area contributed by atoms with Gasteiger partial charge in [-0.15, -0.1) is 0 Å². The third kappa shape index (κ3) is 9.96. The molecule has 0 aromatic heterocycles. The maximum absolute atomic E-state index is 13.9. The Kier molecular flexibility index (Phi) is 13.0. The van der Waals surface area contributed by atoms with E-state index in [4.69, 9.17) is 9.47 Å². The zero-order valence-corrected chi connectivity index (χ0v) is 23.5. The first-order chi connectivity index (χ1) is 18.4. The maximum atomic E-state index is 13.9. The van der Waals surface area contributed by atoms with Crippen molar-refractivity contribution >= 4 is 11.9 Å². The highest BCUT2D eigenvalue weighted by Crippen LogP contribution is 2.35. The molecule has 0 spiro atoms. The van der Waals surface area contributed by atoms with E-state index in [0.717, 1.165) is 77.0 Å². The van der Waals surface area contributed by atoms with E-state index >= 15 is 0 Å². The van der Waals surface area contributed by atoms with Gasteiger partial charge in [0.1, 0.15) is 12.2 Å². The van der Waals surface area contributed by atoms with Gasteiger partial charge < -0.3 is 9.47 Å². The SMILES string of the molecule is CCCC[C@H](F)C(=O)O[C@H]1CC[C@H](CCc2ccc([C@H]3CC[C@H](OC(=O)[C@@H](F)CCCC)CC3)cc2)CC1. The van der Waals surface area contributed by atoms with Gasteiger partial charge in [0.15, 0.2) is 12.3 Å². The van der Waals surface area contributed by atoms with Crippen molar-refractivity contribution in [2.45, 2.75) is 147 Å². The minimum atomic E-state index is -1.49. The predicted molar refractivity (Wildman–Crippen MR) is 147 cm³/mol. The summed E-state index contributed by atoms with van der Waals surface area (Å²) >= 11 is 0. The third-order valence-corrected chi connectivity index (χ3v) is 8.46. The number of rotatable bonds is 14. The van der Waals surface area contributed by atoms with Gasteiger partial charge in [0.05, 0.1) is 0 Å². The molecule has 3 rings (SSSR count). The smallest absolute Gasteiger partial charge is 0.340 e. The van der Waals surface area contributed by atoms with Gasteiger partial charge in [-0.3, -0.25) is 0 Å². The quantitative estimate of drug-likeness (QED) is 0.225. The summed E-state index contributed by atoms with van der Waals surface area (Å²) in [5.41, 5.74) is 2.67. The molecule has 0 radical (unpaired) electrons. The number of halogens is 2.